The van der Waals surface area contributed by atoms with Crippen molar-refractivity contribution in [3.63, 3.8) is 0 Å². The van der Waals surface area contributed by atoms with E-state index in [4.69, 9.17) is 9.78 Å². The Morgan fingerprint density at radius 1 is 0.909 bits per heavy atom. The molecule has 1 saturated carbocycles. The Balaban J connectivity index is 0.000000164. The maximum atomic E-state index is 5.53. The number of fused-ring (bicyclic) bond motifs is 3. The van der Waals surface area contributed by atoms with Gasteiger partial charge in [0.05, 0.1) is 0 Å². The number of allylic oxidation sites excluding steroid dienone is 4. The molecule has 2 aliphatic heterocycles. The summed E-state index contributed by atoms with van der Waals surface area (Å²) in [4.78, 5) is 11.0. The van der Waals surface area contributed by atoms with E-state index < -0.39 is 0 Å². The lowest BCUT2D eigenvalue weighted by Crippen LogP contribution is -2.54. The fourth-order valence-corrected chi connectivity index (χ4v) is 3.46. The molecule has 126 valence electrons. The first-order valence-corrected chi connectivity index (χ1v) is 8.99. The van der Waals surface area contributed by atoms with Crippen molar-refractivity contribution in [3.05, 3.63) is 23.3 Å². The van der Waals surface area contributed by atoms with Gasteiger partial charge in [0.1, 0.15) is 11.2 Å². The molecule has 0 aromatic carbocycles. The summed E-state index contributed by atoms with van der Waals surface area (Å²) in [5.41, 5.74) is 3.18. The van der Waals surface area contributed by atoms with Gasteiger partial charge in [-0.25, -0.2) is 9.78 Å². The van der Waals surface area contributed by atoms with E-state index in [0.29, 0.717) is 5.92 Å². The Bertz CT molecular complexity index is 418. The van der Waals surface area contributed by atoms with Crippen LogP contribution in [0.5, 0.6) is 0 Å². The summed E-state index contributed by atoms with van der Waals surface area (Å²) in [6.07, 6.45) is 11.7. The highest BCUT2D eigenvalue weighted by Crippen LogP contribution is 2.48. The standard InChI is InChI=1S/C10H18O2.C10H16/c1-8(2)10-6-4-9(3,5-7-10)11-12-10;1-8(2)10-6-4-9(3)5-7-10/h8H,4-7H2,1-3H3;4,6,8H,5,7H2,1-3H3. The Labute approximate surface area is 136 Å². The summed E-state index contributed by atoms with van der Waals surface area (Å²) in [6, 6.07) is 0. The molecule has 4 rings (SSSR count). The summed E-state index contributed by atoms with van der Waals surface area (Å²) in [6.45, 7) is 13.3. The van der Waals surface area contributed by atoms with Gasteiger partial charge in [-0.15, -0.1) is 0 Å². The first-order valence-electron chi connectivity index (χ1n) is 8.99. The largest absolute Gasteiger partial charge is 0.230 e. The molecule has 2 aliphatic carbocycles. The van der Waals surface area contributed by atoms with Gasteiger partial charge in [-0.3, -0.25) is 0 Å². The molecule has 0 radical (unpaired) electrons. The van der Waals surface area contributed by atoms with E-state index in [-0.39, 0.29) is 11.2 Å². The average Bonchev–Trinajstić information content (AvgIpc) is 2.49. The van der Waals surface area contributed by atoms with Crippen molar-refractivity contribution >= 4 is 0 Å². The third-order valence-electron chi connectivity index (χ3n) is 5.75. The predicted molar refractivity (Wildman–Crippen MR) is 92.5 cm³/mol. The molecule has 0 unspecified atom stereocenters. The van der Waals surface area contributed by atoms with E-state index in [9.17, 15) is 0 Å². The lowest BCUT2D eigenvalue weighted by atomic mass is 9.71. The van der Waals surface area contributed by atoms with Crippen LogP contribution < -0.4 is 0 Å². The molecular weight excluding hydrogens is 272 g/mol. The van der Waals surface area contributed by atoms with Crippen molar-refractivity contribution in [1.82, 2.24) is 0 Å². The van der Waals surface area contributed by atoms with Gasteiger partial charge in [0.15, 0.2) is 0 Å². The van der Waals surface area contributed by atoms with Crippen LogP contribution in [-0.2, 0) is 9.78 Å². The quantitative estimate of drug-likeness (QED) is 0.584. The Morgan fingerprint density at radius 2 is 1.55 bits per heavy atom. The topological polar surface area (TPSA) is 18.5 Å². The molecule has 0 amide bonds. The highest BCUT2D eigenvalue weighted by molar-refractivity contribution is 5.23. The molecule has 2 heteroatoms. The van der Waals surface area contributed by atoms with Crippen LogP contribution in [0.25, 0.3) is 0 Å². The van der Waals surface area contributed by atoms with Gasteiger partial charge in [-0.05, 0) is 64.2 Å². The zero-order valence-electron chi connectivity index (χ0n) is 15.4. The monoisotopic (exact) mass is 306 g/mol. The smallest absolute Gasteiger partial charge is 0.106 e. The van der Waals surface area contributed by atoms with E-state index >= 15 is 0 Å². The molecule has 0 N–H and O–H groups in total. The number of hydrogen-bond donors (Lipinski definition) is 0. The van der Waals surface area contributed by atoms with Gasteiger partial charge < -0.3 is 0 Å². The van der Waals surface area contributed by atoms with E-state index in [2.05, 4.69) is 53.7 Å². The minimum Gasteiger partial charge on any atom is -0.230 e. The maximum absolute atomic E-state index is 5.53. The molecule has 4 aliphatic rings. The third kappa shape index (κ3) is 4.02. The second-order valence-corrected chi connectivity index (χ2v) is 8.25. The number of hydrogen-bond acceptors (Lipinski definition) is 2. The first-order chi connectivity index (χ1) is 10.3. The zero-order valence-corrected chi connectivity index (χ0v) is 15.4. The van der Waals surface area contributed by atoms with Gasteiger partial charge in [0, 0.05) is 0 Å². The minimum atomic E-state index is 0.0244. The molecule has 2 bridgehead atoms. The van der Waals surface area contributed by atoms with E-state index in [1.54, 1.807) is 5.57 Å². The fraction of sp³-hybridized carbons (Fsp3) is 0.800. The van der Waals surface area contributed by atoms with Crippen LogP contribution in [0, 0.1) is 11.8 Å². The molecule has 2 heterocycles. The molecule has 22 heavy (non-hydrogen) atoms. The normalized spacial score (nSPS) is 34.2. The van der Waals surface area contributed by atoms with E-state index in [1.807, 2.05) is 0 Å². The van der Waals surface area contributed by atoms with Crippen molar-refractivity contribution in [3.8, 4) is 0 Å². The molecule has 0 atom stereocenters. The summed E-state index contributed by atoms with van der Waals surface area (Å²) >= 11 is 0. The second kappa shape index (κ2) is 6.88. The molecule has 2 saturated heterocycles. The van der Waals surface area contributed by atoms with Gasteiger partial charge in [0.25, 0.3) is 0 Å². The fourth-order valence-electron chi connectivity index (χ4n) is 3.46. The summed E-state index contributed by atoms with van der Waals surface area (Å²) in [7, 11) is 0. The second-order valence-electron chi connectivity index (χ2n) is 8.25. The summed E-state index contributed by atoms with van der Waals surface area (Å²) in [5, 5.41) is 0. The highest BCUT2D eigenvalue weighted by Gasteiger charge is 2.50. The SMILES string of the molecule is CC(C)C12CCC(C)(CC1)OO2.CC1=CC=C(C(C)C)CC1. The molecule has 0 spiro atoms. The molecule has 3 fully saturated rings. The van der Waals surface area contributed by atoms with Crippen molar-refractivity contribution < 1.29 is 9.78 Å². The number of rotatable bonds is 2. The van der Waals surface area contributed by atoms with Gasteiger partial charge in [-0.1, -0.05) is 51.0 Å². The van der Waals surface area contributed by atoms with Crippen molar-refractivity contribution in [1.29, 1.82) is 0 Å². The van der Waals surface area contributed by atoms with Crippen LogP contribution in [0.3, 0.4) is 0 Å². The van der Waals surface area contributed by atoms with Gasteiger partial charge in [0.2, 0.25) is 0 Å². The van der Waals surface area contributed by atoms with Gasteiger partial charge in [-0.2, -0.15) is 0 Å². The maximum Gasteiger partial charge on any atom is 0.106 e. The van der Waals surface area contributed by atoms with Gasteiger partial charge >= 0.3 is 0 Å². The Morgan fingerprint density at radius 3 is 1.91 bits per heavy atom. The summed E-state index contributed by atoms with van der Waals surface area (Å²) < 4.78 is 0. The van der Waals surface area contributed by atoms with Crippen LogP contribution in [0.15, 0.2) is 23.3 Å². The molecule has 0 aromatic heterocycles. The lowest BCUT2D eigenvalue weighted by Gasteiger charge is -2.51. The predicted octanol–water partition coefficient (Wildman–Crippen LogP) is 5.98. The molecule has 0 aromatic rings. The van der Waals surface area contributed by atoms with Crippen LogP contribution in [0.1, 0.15) is 80.1 Å². The van der Waals surface area contributed by atoms with Crippen LogP contribution in [0.4, 0.5) is 0 Å². The van der Waals surface area contributed by atoms with Crippen molar-refractivity contribution in [2.45, 2.75) is 91.3 Å². The van der Waals surface area contributed by atoms with Crippen LogP contribution in [-0.4, -0.2) is 11.2 Å². The average molecular weight is 306 g/mol. The van der Waals surface area contributed by atoms with E-state index in [1.165, 1.54) is 31.3 Å². The third-order valence-corrected chi connectivity index (χ3v) is 5.75. The molecular formula is C20H34O2. The zero-order chi connectivity index (χ0) is 16.4. The highest BCUT2D eigenvalue weighted by atomic mass is 17.2. The minimum absolute atomic E-state index is 0.0244. The molecule has 2 nitrogen and oxygen atoms in total. The van der Waals surface area contributed by atoms with Crippen molar-refractivity contribution in [2.75, 3.05) is 0 Å². The van der Waals surface area contributed by atoms with Crippen molar-refractivity contribution in [2.24, 2.45) is 11.8 Å². The Kier molecular flexibility index (Phi) is 5.55. The van der Waals surface area contributed by atoms with E-state index in [0.717, 1.165) is 18.8 Å². The first kappa shape index (κ1) is 17.7. The summed E-state index contributed by atoms with van der Waals surface area (Å²) in [5.74, 6) is 1.31. The Hall–Kier alpha value is -0.600. The lowest BCUT2D eigenvalue weighted by molar-refractivity contribution is -0.471. The van der Waals surface area contributed by atoms with Crippen LogP contribution >= 0.6 is 0 Å². The van der Waals surface area contributed by atoms with Crippen LogP contribution in [0.2, 0.25) is 0 Å².